The molecule has 1 aliphatic rings. The number of guanidine groups is 1. The number of carbonyl (C=O) groups is 1. The fraction of sp³-hybridized carbons (Fsp3) is 0.522. The molecule has 1 fully saturated rings. The quantitative estimate of drug-likeness (QED) is 0.297. The normalized spacial score (nSPS) is 14.2. The van der Waals surface area contributed by atoms with Crippen molar-refractivity contribution in [1.29, 1.82) is 0 Å². The number of hydrogen-bond donors (Lipinski definition) is 2. The lowest BCUT2D eigenvalue weighted by atomic mass is 10.1. The molecule has 9 heteroatoms. The zero-order valence-electron chi connectivity index (χ0n) is 19.3. The molecule has 0 aliphatic carbocycles. The summed E-state index contributed by atoms with van der Waals surface area (Å²) in [5.74, 6) is 1.76. The number of rotatable bonds is 8. The summed E-state index contributed by atoms with van der Waals surface area (Å²) in [4.78, 5) is 21.2. The number of piperazine rings is 1. The number of aromatic nitrogens is 1. The minimum atomic E-state index is 0. The van der Waals surface area contributed by atoms with E-state index >= 15 is 0 Å². The van der Waals surface area contributed by atoms with Gasteiger partial charge < -0.3 is 25.0 Å². The van der Waals surface area contributed by atoms with Crippen LogP contribution in [0, 0.1) is 0 Å². The largest absolute Gasteiger partial charge is 0.368 e. The maximum atomic E-state index is 12.6. The lowest BCUT2D eigenvalue weighted by molar-refractivity contribution is -0.131. The number of benzene rings is 1. The van der Waals surface area contributed by atoms with Gasteiger partial charge in [0, 0.05) is 70.4 Å². The summed E-state index contributed by atoms with van der Waals surface area (Å²) in [6, 6.07) is 10.4. The molecule has 2 N–H and O–H groups in total. The third-order valence-electron chi connectivity index (χ3n) is 5.65. The van der Waals surface area contributed by atoms with Gasteiger partial charge in [-0.25, -0.2) is 0 Å². The maximum absolute atomic E-state index is 12.6. The Bertz CT molecular complexity index is 841. The summed E-state index contributed by atoms with van der Waals surface area (Å²) in [5.41, 5.74) is 3.29. The number of nitrogens with one attached hydrogen (secondary N) is 2. The van der Waals surface area contributed by atoms with Crippen molar-refractivity contribution >= 4 is 41.5 Å². The van der Waals surface area contributed by atoms with Crippen molar-refractivity contribution in [3.8, 4) is 0 Å². The molecule has 0 radical (unpaired) electrons. The standard InChI is InChI=1S/C23H34N6O2.HI/c1-4-20-19(21(5-2)31-27-20)17-26-23(24-3)25-12-11-22(30)29-15-13-28(14-16-29)18-9-7-6-8-10-18;/h6-10H,4-5,11-17H2,1-3H3,(H2,24,25,26);1H. The zero-order valence-corrected chi connectivity index (χ0v) is 21.6. The van der Waals surface area contributed by atoms with Crippen molar-refractivity contribution in [1.82, 2.24) is 20.7 Å². The van der Waals surface area contributed by atoms with Crippen molar-refractivity contribution in [2.75, 3.05) is 44.7 Å². The van der Waals surface area contributed by atoms with E-state index in [9.17, 15) is 4.79 Å². The molecule has 3 rings (SSSR count). The molecule has 8 nitrogen and oxygen atoms in total. The average molecular weight is 554 g/mol. The second kappa shape index (κ2) is 13.3. The predicted molar refractivity (Wildman–Crippen MR) is 139 cm³/mol. The number of halogens is 1. The van der Waals surface area contributed by atoms with Gasteiger partial charge >= 0.3 is 0 Å². The van der Waals surface area contributed by atoms with E-state index in [1.165, 1.54) is 5.69 Å². The van der Waals surface area contributed by atoms with Crippen LogP contribution in [0.5, 0.6) is 0 Å². The Hall–Kier alpha value is -2.30. The first-order valence-electron chi connectivity index (χ1n) is 11.1. The van der Waals surface area contributed by atoms with Gasteiger partial charge in [-0.15, -0.1) is 24.0 Å². The van der Waals surface area contributed by atoms with Gasteiger partial charge in [-0.1, -0.05) is 37.2 Å². The number of aryl methyl sites for hydroxylation is 2. The third-order valence-corrected chi connectivity index (χ3v) is 5.65. The lowest BCUT2D eigenvalue weighted by Gasteiger charge is -2.36. The zero-order chi connectivity index (χ0) is 22.1. The van der Waals surface area contributed by atoms with Crippen LogP contribution in [0.2, 0.25) is 0 Å². The number of amides is 1. The highest BCUT2D eigenvalue weighted by molar-refractivity contribution is 14.0. The van der Waals surface area contributed by atoms with E-state index in [2.05, 4.69) is 63.8 Å². The number of hydrogen-bond acceptors (Lipinski definition) is 5. The molecule has 0 bridgehead atoms. The first-order valence-corrected chi connectivity index (χ1v) is 11.1. The lowest BCUT2D eigenvalue weighted by Crippen LogP contribution is -2.49. The SMILES string of the molecule is CCc1noc(CC)c1CNC(=NC)NCCC(=O)N1CCN(c2ccccc2)CC1.I. The summed E-state index contributed by atoms with van der Waals surface area (Å²) < 4.78 is 5.41. The summed E-state index contributed by atoms with van der Waals surface area (Å²) in [6.07, 6.45) is 2.08. The second-order valence-electron chi connectivity index (χ2n) is 7.54. The smallest absolute Gasteiger partial charge is 0.224 e. The Labute approximate surface area is 207 Å². The Balaban J connectivity index is 0.00000363. The molecule has 176 valence electrons. The maximum Gasteiger partial charge on any atom is 0.224 e. The molecule has 2 aromatic rings. The number of anilines is 1. The topological polar surface area (TPSA) is 86.0 Å². The molecule has 1 aromatic heterocycles. The van der Waals surface area contributed by atoms with Crippen LogP contribution in [0.3, 0.4) is 0 Å². The Morgan fingerprint density at radius 3 is 2.44 bits per heavy atom. The van der Waals surface area contributed by atoms with E-state index in [0.717, 1.165) is 56.0 Å². The predicted octanol–water partition coefficient (Wildman–Crippen LogP) is 2.82. The number of carbonyl (C=O) groups excluding carboxylic acids is 1. The molecule has 1 amide bonds. The Morgan fingerprint density at radius 1 is 1.09 bits per heavy atom. The van der Waals surface area contributed by atoms with Crippen molar-refractivity contribution in [3.05, 3.63) is 47.3 Å². The van der Waals surface area contributed by atoms with Crippen LogP contribution in [-0.2, 0) is 24.2 Å². The van der Waals surface area contributed by atoms with Crippen LogP contribution >= 0.6 is 24.0 Å². The summed E-state index contributed by atoms with van der Waals surface area (Å²) in [5, 5.41) is 10.7. The Kier molecular flexibility index (Phi) is 10.8. The van der Waals surface area contributed by atoms with E-state index in [1.54, 1.807) is 7.05 Å². The van der Waals surface area contributed by atoms with Crippen molar-refractivity contribution in [3.63, 3.8) is 0 Å². The van der Waals surface area contributed by atoms with E-state index in [0.29, 0.717) is 25.5 Å². The van der Waals surface area contributed by atoms with Crippen molar-refractivity contribution < 1.29 is 9.32 Å². The van der Waals surface area contributed by atoms with Gasteiger partial charge in [-0.05, 0) is 18.6 Å². The highest BCUT2D eigenvalue weighted by Crippen LogP contribution is 2.16. The molecule has 2 heterocycles. The summed E-state index contributed by atoms with van der Waals surface area (Å²) in [6.45, 7) is 8.52. The van der Waals surface area contributed by atoms with Crippen molar-refractivity contribution in [2.24, 2.45) is 4.99 Å². The number of para-hydroxylation sites is 1. The van der Waals surface area contributed by atoms with Crippen molar-refractivity contribution in [2.45, 2.75) is 39.7 Å². The Morgan fingerprint density at radius 2 is 1.81 bits per heavy atom. The molecule has 0 unspecified atom stereocenters. The van der Waals surface area contributed by atoms with Crippen LogP contribution in [0.25, 0.3) is 0 Å². The molecule has 0 saturated carbocycles. The molecule has 0 atom stereocenters. The average Bonchev–Trinajstić information content (AvgIpc) is 3.23. The molecule has 0 spiro atoms. The van der Waals surface area contributed by atoms with Gasteiger partial charge in [0.25, 0.3) is 0 Å². The first-order chi connectivity index (χ1) is 15.2. The molecular weight excluding hydrogens is 519 g/mol. The first kappa shape index (κ1) is 26.0. The van der Waals surface area contributed by atoms with Gasteiger partial charge in [0.2, 0.25) is 5.91 Å². The van der Waals surface area contributed by atoms with Gasteiger partial charge in [-0.3, -0.25) is 9.79 Å². The summed E-state index contributed by atoms with van der Waals surface area (Å²) >= 11 is 0. The fourth-order valence-electron chi connectivity index (χ4n) is 3.83. The minimum Gasteiger partial charge on any atom is -0.368 e. The monoisotopic (exact) mass is 554 g/mol. The van der Waals surface area contributed by atoms with Crippen LogP contribution < -0.4 is 15.5 Å². The van der Waals surface area contributed by atoms with Gasteiger partial charge in [0.15, 0.2) is 5.96 Å². The van der Waals surface area contributed by atoms with Gasteiger partial charge in [0.1, 0.15) is 5.76 Å². The van der Waals surface area contributed by atoms with E-state index in [4.69, 9.17) is 4.52 Å². The van der Waals surface area contributed by atoms with E-state index in [-0.39, 0.29) is 29.9 Å². The van der Waals surface area contributed by atoms with Crippen LogP contribution in [0.4, 0.5) is 5.69 Å². The van der Waals surface area contributed by atoms with Gasteiger partial charge in [0.05, 0.1) is 5.69 Å². The van der Waals surface area contributed by atoms with E-state index in [1.807, 2.05) is 11.0 Å². The van der Waals surface area contributed by atoms with E-state index < -0.39 is 0 Å². The highest BCUT2D eigenvalue weighted by atomic mass is 127. The fourth-order valence-corrected chi connectivity index (χ4v) is 3.83. The third kappa shape index (κ3) is 6.85. The van der Waals surface area contributed by atoms with Gasteiger partial charge in [-0.2, -0.15) is 0 Å². The number of aliphatic imine (C=N–C) groups is 1. The summed E-state index contributed by atoms with van der Waals surface area (Å²) in [7, 11) is 1.73. The van der Waals surface area contributed by atoms with Crippen LogP contribution in [-0.4, -0.2) is 61.7 Å². The second-order valence-corrected chi connectivity index (χ2v) is 7.54. The molecular formula is C23H35IN6O2. The van der Waals surface area contributed by atoms with Crippen LogP contribution in [0.15, 0.2) is 39.8 Å². The number of nitrogens with zero attached hydrogens (tertiary/aromatic N) is 4. The molecule has 1 aliphatic heterocycles. The molecule has 1 aromatic carbocycles. The highest BCUT2D eigenvalue weighted by Gasteiger charge is 2.21. The minimum absolute atomic E-state index is 0. The molecule has 32 heavy (non-hydrogen) atoms. The van der Waals surface area contributed by atoms with Crippen LogP contribution in [0.1, 0.15) is 37.3 Å². The molecule has 1 saturated heterocycles.